The first-order chi connectivity index (χ1) is 13.1. The molecule has 0 aliphatic heterocycles. The maximum atomic E-state index is 12.3. The topological polar surface area (TPSA) is 51.2 Å². The summed E-state index contributed by atoms with van der Waals surface area (Å²) in [5.74, 6) is 0.809. The molecule has 3 aromatic rings. The zero-order valence-electron chi connectivity index (χ0n) is 15.7. The van der Waals surface area contributed by atoms with Gasteiger partial charge in [0.1, 0.15) is 12.4 Å². The maximum Gasteiger partial charge on any atom is 0.224 e. The number of nitrogens with one attached hydrogen (secondary N) is 1. The maximum absolute atomic E-state index is 12.3. The molecule has 0 aliphatic carbocycles. The Labute approximate surface area is 160 Å². The van der Waals surface area contributed by atoms with Gasteiger partial charge < -0.3 is 10.1 Å². The molecule has 0 aliphatic rings. The van der Waals surface area contributed by atoms with Crippen molar-refractivity contribution in [1.29, 1.82) is 0 Å². The molecule has 1 N–H and O–H groups in total. The van der Waals surface area contributed by atoms with Gasteiger partial charge in [-0.25, -0.2) is 0 Å². The number of hydrogen-bond acceptors (Lipinski definition) is 3. The largest absolute Gasteiger partial charge is 0.489 e. The Morgan fingerprint density at radius 3 is 2.44 bits per heavy atom. The molecule has 0 spiro atoms. The molecular weight excluding hydrogens is 336 g/mol. The summed E-state index contributed by atoms with van der Waals surface area (Å²) in [4.78, 5) is 16.3. The van der Waals surface area contributed by atoms with E-state index >= 15 is 0 Å². The second-order valence-corrected chi connectivity index (χ2v) is 6.67. The minimum Gasteiger partial charge on any atom is -0.489 e. The highest BCUT2D eigenvalue weighted by atomic mass is 16.5. The third kappa shape index (κ3) is 5.68. The van der Waals surface area contributed by atoms with Gasteiger partial charge in [0.05, 0.1) is 12.5 Å². The van der Waals surface area contributed by atoms with E-state index in [9.17, 15) is 4.79 Å². The first-order valence-electron chi connectivity index (χ1n) is 9.07. The number of rotatable bonds is 7. The SMILES string of the molecule is Cc1ccc(CC(=O)NC(C)c2ccc(OCc3cccnc3)cc2)cc1. The number of nitrogens with zero attached hydrogens (tertiary/aromatic N) is 1. The van der Waals surface area contributed by atoms with E-state index in [-0.39, 0.29) is 11.9 Å². The molecule has 4 nitrogen and oxygen atoms in total. The Morgan fingerprint density at radius 1 is 1.04 bits per heavy atom. The van der Waals surface area contributed by atoms with Gasteiger partial charge >= 0.3 is 0 Å². The predicted molar refractivity (Wildman–Crippen MR) is 106 cm³/mol. The van der Waals surface area contributed by atoms with Crippen LogP contribution in [-0.4, -0.2) is 10.9 Å². The number of carbonyl (C=O) groups excluding carboxylic acids is 1. The van der Waals surface area contributed by atoms with Gasteiger partial charge in [-0.1, -0.05) is 48.0 Å². The molecule has 1 amide bonds. The number of amides is 1. The summed E-state index contributed by atoms with van der Waals surface area (Å²) in [5.41, 5.74) is 4.28. The van der Waals surface area contributed by atoms with Gasteiger partial charge in [-0.05, 0) is 43.2 Å². The van der Waals surface area contributed by atoms with E-state index in [1.807, 2.05) is 74.5 Å². The van der Waals surface area contributed by atoms with Crippen molar-refractivity contribution in [3.05, 3.63) is 95.3 Å². The van der Waals surface area contributed by atoms with Gasteiger partial charge in [-0.3, -0.25) is 9.78 Å². The summed E-state index contributed by atoms with van der Waals surface area (Å²) >= 11 is 0. The number of aromatic nitrogens is 1. The summed E-state index contributed by atoms with van der Waals surface area (Å²) in [6.07, 6.45) is 3.92. The number of hydrogen-bond donors (Lipinski definition) is 1. The van der Waals surface area contributed by atoms with Gasteiger partial charge in [-0.15, -0.1) is 0 Å². The first-order valence-corrected chi connectivity index (χ1v) is 9.07. The Bertz CT molecular complexity index is 859. The van der Waals surface area contributed by atoms with E-state index in [1.54, 1.807) is 12.4 Å². The highest BCUT2D eigenvalue weighted by molar-refractivity contribution is 5.79. The van der Waals surface area contributed by atoms with Gasteiger partial charge in [0, 0.05) is 18.0 Å². The van der Waals surface area contributed by atoms with Gasteiger partial charge in [0.15, 0.2) is 0 Å². The molecule has 1 atom stereocenters. The second-order valence-electron chi connectivity index (χ2n) is 6.67. The number of ether oxygens (including phenoxy) is 1. The molecule has 1 heterocycles. The zero-order valence-corrected chi connectivity index (χ0v) is 15.7. The lowest BCUT2D eigenvalue weighted by molar-refractivity contribution is -0.121. The van der Waals surface area contributed by atoms with E-state index in [4.69, 9.17) is 4.74 Å². The average Bonchev–Trinajstić information content (AvgIpc) is 2.69. The van der Waals surface area contributed by atoms with Gasteiger partial charge in [-0.2, -0.15) is 0 Å². The van der Waals surface area contributed by atoms with Crippen LogP contribution in [-0.2, 0) is 17.8 Å². The predicted octanol–water partition coefficient (Wildman–Crippen LogP) is 4.39. The Hall–Kier alpha value is -3.14. The second kappa shape index (κ2) is 8.99. The Kier molecular flexibility index (Phi) is 6.21. The van der Waals surface area contributed by atoms with Crippen LogP contribution in [0, 0.1) is 6.92 Å². The smallest absolute Gasteiger partial charge is 0.224 e. The van der Waals surface area contributed by atoms with E-state index < -0.39 is 0 Å². The lowest BCUT2D eigenvalue weighted by Gasteiger charge is -2.15. The fourth-order valence-electron chi connectivity index (χ4n) is 2.77. The van der Waals surface area contributed by atoms with Crippen molar-refractivity contribution in [2.24, 2.45) is 0 Å². The average molecular weight is 360 g/mol. The number of benzene rings is 2. The molecular formula is C23H24N2O2. The summed E-state index contributed by atoms with van der Waals surface area (Å²) in [6.45, 7) is 4.50. The van der Waals surface area contributed by atoms with E-state index in [1.165, 1.54) is 5.56 Å². The standard InChI is InChI=1S/C23H24N2O2/c1-17-5-7-19(8-6-17)14-23(26)25-18(2)21-9-11-22(12-10-21)27-16-20-4-3-13-24-15-20/h3-13,15,18H,14,16H2,1-2H3,(H,25,26). The third-order valence-corrected chi connectivity index (χ3v) is 4.37. The van der Waals surface area contributed by atoms with E-state index in [2.05, 4.69) is 10.3 Å². The van der Waals surface area contributed by atoms with Crippen molar-refractivity contribution in [2.45, 2.75) is 32.9 Å². The minimum absolute atomic E-state index is 0.0169. The van der Waals surface area contributed by atoms with E-state index in [0.29, 0.717) is 13.0 Å². The van der Waals surface area contributed by atoms with Crippen molar-refractivity contribution in [3.63, 3.8) is 0 Å². The van der Waals surface area contributed by atoms with Gasteiger partial charge in [0.2, 0.25) is 5.91 Å². The van der Waals surface area contributed by atoms with Crippen molar-refractivity contribution in [3.8, 4) is 5.75 Å². The summed E-state index contributed by atoms with van der Waals surface area (Å²) in [7, 11) is 0. The summed E-state index contributed by atoms with van der Waals surface area (Å²) < 4.78 is 5.77. The fourth-order valence-corrected chi connectivity index (χ4v) is 2.77. The monoisotopic (exact) mass is 360 g/mol. The van der Waals surface area contributed by atoms with E-state index in [0.717, 1.165) is 22.4 Å². The van der Waals surface area contributed by atoms with Gasteiger partial charge in [0.25, 0.3) is 0 Å². The molecule has 4 heteroatoms. The Morgan fingerprint density at radius 2 is 1.78 bits per heavy atom. The van der Waals surface area contributed by atoms with Crippen molar-refractivity contribution in [1.82, 2.24) is 10.3 Å². The number of pyridine rings is 1. The first kappa shape index (κ1) is 18.6. The highest BCUT2D eigenvalue weighted by Gasteiger charge is 2.10. The van der Waals surface area contributed by atoms with Crippen LogP contribution in [0.4, 0.5) is 0 Å². The fraction of sp³-hybridized carbons (Fsp3) is 0.217. The highest BCUT2D eigenvalue weighted by Crippen LogP contribution is 2.19. The van der Waals surface area contributed by atoms with Crippen molar-refractivity contribution in [2.75, 3.05) is 0 Å². The zero-order chi connectivity index (χ0) is 19.1. The van der Waals surface area contributed by atoms with Crippen LogP contribution in [0.2, 0.25) is 0 Å². The minimum atomic E-state index is -0.0599. The molecule has 0 bridgehead atoms. The molecule has 0 saturated heterocycles. The molecule has 1 unspecified atom stereocenters. The molecule has 2 aromatic carbocycles. The summed E-state index contributed by atoms with van der Waals surface area (Å²) in [5, 5.41) is 3.05. The lowest BCUT2D eigenvalue weighted by atomic mass is 10.1. The molecule has 0 fully saturated rings. The lowest BCUT2D eigenvalue weighted by Crippen LogP contribution is -2.28. The van der Waals surface area contributed by atoms with Crippen LogP contribution in [0.1, 0.15) is 35.2 Å². The molecule has 0 saturated carbocycles. The van der Waals surface area contributed by atoms with Crippen LogP contribution < -0.4 is 10.1 Å². The molecule has 1 aromatic heterocycles. The number of carbonyl (C=O) groups is 1. The van der Waals surface area contributed by atoms with Crippen LogP contribution in [0.5, 0.6) is 5.75 Å². The summed E-state index contributed by atoms with van der Waals surface area (Å²) in [6, 6.07) is 19.7. The normalized spacial score (nSPS) is 11.6. The van der Waals surface area contributed by atoms with Crippen LogP contribution >= 0.6 is 0 Å². The third-order valence-electron chi connectivity index (χ3n) is 4.37. The van der Waals surface area contributed by atoms with Crippen molar-refractivity contribution >= 4 is 5.91 Å². The molecule has 3 rings (SSSR count). The molecule has 27 heavy (non-hydrogen) atoms. The molecule has 138 valence electrons. The van der Waals surface area contributed by atoms with Crippen molar-refractivity contribution < 1.29 is 9.53 Å². The Balaban J connectivity index is 1.51. The van der Waals surface area contributed by atoms with Crippen LogP contribution in [0.3, 0.4) is 0 Å². The number of aryl methyl sites for hydroxylation is 1. The van der Waals surface area contributed by atoms with Crippen LogP contribution in [0.15, 0.2) is 73.1 Å². The quantitative estimate of drug-likeness (QED) is 0.680. The van der Waals surface area contributed by atoms with Crippen LogP contribution in [0.25, 0.3) is 0 Å². The molecule has 0 radical (unpaired) electrons.